The summed E-state index contributed by atoms with van der Waals surface area (Å²) >= 11 is 0. The highest BCUT2D eigenvalue weighted by molar-refractivity contribution is 5.95. The molecular weight excluding hydrogens is 339 g/mol. The second-order valence-corrected chi connectivity index (χ2v) is 5.78. The molecule has 1 aromatic carbocycles. The second-order valence-electron chi connectivity index (χ2n) is 5.78. The Balaban J connectivity index is 2.22. The Bertz CT molecular complexity index is 633. The highest BCUT2D eigenvalue weighted by atomic mass is 19.4. The molecule has 2 amide bonds. The molecule has 0 radical (unpaired) electrons. The largest absolute Gasteiger partial charge is 0.447 e. The molecule has 0 aliphatic carbocycles. The van der Waals surface area contributed by atoms with Gasteiger partial charge in [0.05, 0.1) is 24.5 Å². The number of aliphatic hydroxyl groups excluding tert-OH is 1. The number of carbonyl (C=O) groups excluding carboxylic acids is 2. The van der Waals surface area contributed by atoms with E-state index in [1.807, 2.05) is 0 Å². The van der Waals surface area contributed by atoms with Gasteiger partial charge < -0.3 is 9.84 Å². The standard InChI is InChI=1S/C17H18F3NO4/c1-2-14(22)13(9-17(18,19)20)15(23)21-12(10-25-16(21)24)8-11-6-4-3-5-7-11/h2-7,12-14,22H,1,8-10H2/t12-,13-,14+/m0/s1. The molecule has 1 aromatic rings. The van der Waals surface area contributed by atoms with Crippen LogP contribution in [0.4, 0.5) is 18.0 Å². The minimum atomic E-state index is -4.68. The van der Waals surface area contributed by atoms with Gasteiger partial charge in [-0.15, -0.1) is 6.58 Å². The summed E-state index contributed by atoms with van der Waals surface area (Å²) in [4.78, 5) is 25.1. The van der Waals surface area contributed by atoms with Gasteiger partial charge in [0.1, 0.15) is 6.61 Å². The summed E-state index contributed by atoms with van der Waals surface area (Å²) in [5, 5.41) is 9.76. The first-order valence-corrected chi connectivity index (χ1v) is 7.64. The van der Waals surface area contributed by atoms with E-state index in [1.165, 1.54) is 0 Å². The SMILES string of the molecule is C=C[C@@H](O)[C@H](CC(F)(F)F)C(=O)N1C(=O)OC[C@@H]1Cc1ccccc1. The van der Waals surface area contributed by atoms with Crippen LogP contribution in [0.25, 0.3) is 0 Å². The zero-order valence-electron chi connectivity index (χ0n) is 13.3. The molecule has 136 valence electrons. The van der Waals surface area contributed by atoms with Crippen LogP contribution in [0.1, 0.15) is 12.0 Å². The highest BCUT2D eigenvalue weighted by Crippen LogP contribution is 2.30. The van der Waals surface area contributed by atoms with Crippen LogP contribution in [-0.4, -0.2) is 46.9 Å². The molecule has 0 unspecified atom stereocenters. The highest BCUT2D eigenvalue weighted by Gasteiger charge is 2.46. The van der Waals surface area contributed by atoms with Crippen LogP contribution in [0.2, 0.25) is 0 Å². The Morgan fingerprint density at radius 3 is 2.60 bits per heavy atom. The molecular formula is C17H18F3NO4. The fourth-order valence-corrected chi connectivity index (χ4v) is 2.71. The van der Waals surface area contributed by atoms with Crippen molar-refractivity contribution < 1.29 is 32.6 Å². The fourth-order valence-electron chi connectivity index (χ4n) is 2.71. The van der Waals surface area contributed by atoms with Gasteiger partial charge >= 0.3 is 12.3 Å². The molecule has 1 saturated heterocycles. The number of ether oxygens (including phenoxy) is 1. The number of nitrogens with zero attached hydrogens (tertiary/aromatic N) is 1. The molecule has 1 heterocycles. The molecule has 0 spiro atoms. The normalized spacial score (nSPS) is 20.1. The van der Waals surface area contributed by atoms with Gasteiger partial charge in [-0.05, 0) is 12.0 Å². The molecule has 1 fully saturated rings. The summed E-state index contributed by atoms with van der Waals surface area (Å²) in [5.41, 5.74) is 0.806. The molecule has 5 nitrogen and oxygen atoms in total. The van der Waals surface area contributed by atoms with Gasteiger partial charge in [-0.2, -0.15) is 13.2 Å². The second kappa shape index (κ2) is 7.69. The van der Waals surface area contributed by atoms with Gasteiger partial charge in [0.15, 0.2) is 0 Å². The van der Waals surface area contributed by atoms with E-state index in [0.717, 1.165) is 11.6 Å². The van der Waals surface area contributed by atoms with Crippen LogP contribution in [-0.2, 0) is 16.0 Å². The van der Waals surface area contributed by atoms with Gasteiger partial charge in [0, 0.05) is 0 Å². The minimum Gasteiger partial charge on any atom is -0.447 e. The van der Waals surface area contributed by atoms with Crippen molar-refractivity contribution in [3.8, 4) is 0 Å². The summed E-state index contributed by atoms with van der Waals surface area (Å²) in [6.45, 7) is 3.11. The lowest BCUT2D eigenvalue weighted by atomic mass is 9.95. The number of hydrogen-bond donors (Lipinski definition) is 1. The van der Waals surface area contributed by atoms with Crippen molar-refractivity contribution in [3.05, 3.63) is 48.6 Å². The van der Waals surface area contributed by atoms with Crippen molar-refractivity contribution >= 4 is 12.0 Å². The molecule has 1 N–H and O–H groups in total. The van der Waals surface area contributed by atoms with Crippen LogP contribution in [0.3, 0.4) is 0 Å². The van der Waals surface area contributed by atoms with Gasteiger partial charge in [-0.25, -0.2) is 9.69 Å². The first-order chi connectivity index (χ1) is 11.7. The Hall–Kier alpha value is -2.35. The zero-order valence-corrected chi connectivity index (χ0v) is 13.3. The van der Waals surface area contributed by atoms with E-state index < -0.39 is 42.7 Å². The van der Waals surface area contributed by atoms with Crippen LogP contribution in [0.5, 0.6) is 0 Å². The maximum atomic E-state index is 12.8. The van der Waals surface area contributed by atoms with Crippen molar-refractivity contribution in [2.45, 2.75) is 31.2 Å². The molecule has 0 saturated carbocycles. The predicted octanol–water partition coefficient (Wildman–Crippen LogP) is 2.69. The third-order valence-electron chi connectivity index (χ3n) is 3.93. The molecule has 25 heavy (non-hydrogen) atoms. The minimum absolute atomic E-state index is 0.109. The molecule has 1 aliphatic heterocycles. The van der Waals surface area contributed by atoms with Crippen molar-refractivity contribution in [2.24, 2.45) is 5.92 Å². The predicted molar refractivity (Wildman–Crippen MR) is 82.5 cm³/mol. The van der Waals surface area contributed by atoms with Gasteiger partial charge in [-0.3, -0.25) is 4.79 Å². The number of rotatable bonds is 6. The average molecular weight is 357 g/mol. The van der Waals surface area contributed by atoms with Crippen LogP contribution in [0, 0.1) is 5.92 Å². The molecule has 2 rings (SSSR count). The van der Waals surface area contributed by atoms with Crippen molar-refractivity contribution in [3.63, 3.8) is 0 Å². The van der Waals surface area contributed by atoms with E-state index in [1.54, 1.807) is 30.3 Å². The molecule has 0 aromatic heterocycles. The number of hydrogen-bond acceptors (Lipinski definition) is 4. The molecule has 1 aliphatic rings. The van der Waals surface area contributed by atoms with Gasteiger partial charge in [-0.1, -0.05) is 36.4 Å². The Morgan fingerprint density at radius 1 is 1.40 bits per heavy atom. The number of halogens is 3. The first kappa shape index (κ1) is 19.0. The maximum absolute atomic E-state index is 12.8. The number of cyclic esters (lactones) is 1. The van der Waals surface area contributed by atoms with Crippen LogP contribution < -0.4 is 0 Å². The number of amides is 2. The Kier molecular flexibility index (Phi) is 5.84. The van der Waals surface area contributed by atoms with Crippen molar-refractivity contribution in [2.75, 3.05) is 6.61 Å². The molecule has 3 atom stereocenters. The number of imide groups is 1. The first-order valence-electron chi connectivity index (χ1n) is 7.64. The van der Waals surface area contributed by atoms with E-state index in [4.69, 9.17) is 4.74 Å². The van der Waals surface area contributed by atoms with Gasteiger partial charge in [0.25, 0.3) is 0 Å². The Labute approximate surface area is 142 Å². The third-order valence-corrected chi connectivity index (χ3v) is 3.93. The van der Waals surface area contributed by atoms with Crippen molar-refractivity contribution in [1.29, 1.82) is 0 Å². The van der Waals surface area contributed by atoms with E-state index in [2.05, 4.69) is 6.58 Å². The smallest absolute Gasteiger partial charge is 0.416 e. The number of benzene rings is 1. The van der Waals surface area contributed by atoms with E-state index in [-0.39, 0.29) is 13.0 Å². The summed E-state index contributed by atoms with van der Waals surface area (Å²) in [5.74, 6) is -2.96. The summed E-state index contributed by atoms with van der Waals surface area (Å²) < 4.78 is 43.1. The lowest BCUT2D eigenvalue weighted by Gasteiger charge is -2.27. The van der Waals surface area contributed by atoms with E-state index in [0.29, 0.717) is 4.90 Å². The number of aliphatic hydroxyl groups is 1. The van der Waals surface area contributed by atoms with E-state index >= 15 is 0 Å². The average Bonchev–Trinajstić information content (AvgIpc) is 2.92. The Morgan fingerprint density at radius 2 is 2.04 bits per heavy atom. The molecule has 8 heteroatoms. The van der Waals surface area contributed by atoms with E-state index in [9.17, 15) is 27.9 Å². The monoisotopic (exact) mass is 357 g/mol. The summed E-state index contributed by atoms with van der Waals surface area (Å²) in [6.07, 6.45) is -7.86. The third kappa shape index (κ3) is 4.82. The zero-order chi connectivity index (χ0) is 18.6. The van der Waals surface area contributed by atoms with Crippen molar-refractivity contribution in [1.82, 2.24) is 4.90 Å². The topological polar surface area (TPSA) is 66.8 Å². The van der Waals surface area contributed by atoms with Crippen LogP contribution >= 0.6 is 0 Å². The molecule has 0 bridgehead atoms. The van der Waals surface area contributed by atoms with Gasteiger partial charge in [0.2, 0.25) is 5.91 Å². The lowest BCUT2D eigenvalue weighted by molar-refractivity contribution is -0.164. The number of alkyl halides is 3. The summed E-state index contributed by atoms with van der Waals surface area (Å²) in [6, 6.07) is 8.16. The number of carbonyl (C=O) groups is 2. The quantitative estimate of drug-likeness (QED) is 0.795. The lowest BCUT2D eigenvalue weighted by Crippen LogP contribution is -2.47. The fraction of sp³-hybridized carbons (Fsp3) is 0.412. The summed E-state index contributed by atoms with van der Waals surface area (Å²) in [7, 11) is 0. The van der Waals surface area contributed by atoms with Crippen LogP contribution in [0.15, 0.2) is 43.0 Å². The maximum Gasteiger partial charge on any atom is 0.416 e.